The molecule has 15 heavy (non-hydrogen) atoms. The minimum absolute atomic E-state index is 0.799. The molecule has 82 valence electrons. The third kappa shape index (κ3) is 3.54. The van der Waals surface area contributed by atoms with Crippen LogP contribution >= 0.6 is 31.9 Å². The second-order valence-corrected chi connectivity index (χ2v) is 5.57. The first kappa shape index (κ1) is 11.6. The smallest absolute Gasteiger partial charge is 0.0544 e. The topological polar surface area (TPSA) is 16.1 Å². The minimum atomic E-state index is 0.799. The van der Waals surface area contributed by atoms with E-state index >= 15 is 0 Å². The van der Waals surface area contributed by atoms with Crippen molar-refractivity contribution in [3.8, 4) is 0 Å². The zero-order valence-corrected chi connectivity index (χ0v) is 11.7. The molecule has 1 aromatic rings. The first-order chi connectivity index (χ1) is 7.29. The molecule has 1 fully saturated rings. The monoisotopic (exact) mass is 332 g/mol. The largest absolute Gasteiger partial charge is 0.294 e. The normalized spacial score (nSPS) is 15.9. The Morgan fingerprint density at radius 2 is 2.20 bits per heavy atom. The fourth-order valence-electron chi connectivity index (χ4n) is 1.65. The molecule has 0 aromatic carbocycles. The van der Waals surface area contributed by atoms with Gasteiger partial charge in [0.25, 0.3) is 0 Å². The maximum absolute atomic E-state index is 4.41. The molecular formula is C11H14Br2N2. The molecule has 1 aliphatic rings. The van der Waals surface area contributed by atoms with Crippen LogP contribution < -0.4 is 0 Å². The zero-order chi connectivity index (χ0) is 10.7. The molecule has 1 aromatic heterocycles. The predicted molar refractivity (Wildman–Crippen MR) is 69.2 cm³/mol. The standard InChI is InChI=1S/C11H14Br2N2/c12-5-6-15(11-3-4-11)8-10-2-1-9(13)7-14-10/h1-2,7,11H,3-6,8H2. The van der Waals surface area contributed by atoms with Gasteiger partial charge in [-0.1, -0.05) is 15.9 Å². The lowest BCUT2D eigenvalue weighted by Crippen LogP contribution is -2.27. The first-order valence-electron chi connectivity index (χ1n) is 5.20. The Labute approximate surface area is 107 Å². The van der Waals surface area contributed by atoms with Crippen molar-refractivity contribution < 1.29 is 0 Å². The lowest BCUT2D eigenvalue weighted by Gasteiger charge is -2.20. The molecule has 0 spiro atoms. The zero-order valence-electron chi connectivity index (χ0n) is 8.50. The maximum Gasteiger partial charge on any atom is 0.0544 e. The van der Waals surface area contributed by atoms with Gasteiger partial charge in [-0.2, -0.15) is 0 Å². The van der Waals surface area contributed by atoms with Crippen molar-refractivity contribution in [2.45, 2.75) is 25.4 Å². The van der Waals surface area contributed by atoms with E-state index in [1.807, 2.05) is 6.20 Å². The Morgan fingerprint density at radius 3 is 2.73 bits per heavy atom. The van der Waals surface area contributed by atoms with Crippen molar-refractivity contribution in [1.29, 1.82) is 0 Å². The summed E-state index contributed by atoms with van der Waals surface area (Å²) >= 11 is 6.90. The van der Waals surface area contributed by atoms with E-state index in [4.69, 9.17) is 0 Å². The number of rotatable bonds is 5. The van der Waals surface area contributed by atoms with Crippen molar-refractivity contribution in [2.24, 2.45) is 0 Å². The Hall–Kier alpha value is 0.0700. The summed E-state index contributed by atoms with van der Waals surface area (Å²) in [7, 11) is 0. The average Bonchev–Trinajstić information content (AvgIpc) is 3.04. The van der Waals surface area contributed by atoms with Crippen LogP contribution in [0.15, 0.2) is 22.8 Å². The van der Waals surface area contributed by atoms with Crippen molar-refractivity contribution in [1.82, 2.24) is 9.88 Å². The third-order valence-electron chi connectivity index (χ3n) is 2.59. The number of halogens is 2. The van der Waals surface area contributed by atoms with E-state index in [0.717, 1.165) is 34.6 Å². The number of alkyl halides is 1. The summed E-state index contributed by atoms with van der Waals surface area (Å²) in [6.45, 7) is 2.09. The van der Waals surface area contributed by atoms with Gasteiger partial charge in [0, 0.05) is 35.1 Å². The first-order valence-corrected chi connectivity index (χ1v) is 7.11. The molecule has 0 radical (unpaired) electrons. The van der Waals surface area contributed by atoms with E-state index in [0.29, 0.717) is 0 Å². The number of pyridine rings is 1. The lowest BCUT2D eigenvalue weighted by atomic mass is 10.3. The Kier molecular flexibility index (Phi) is 4.17. The molecule has 0 atom stereocenters. The predicted octanol–water partition coefficient (Wildman–Crippen LogP) is 3.20. The third-order valence-corrected chi connectivity index (χ3v) is 3.41. The van der Waals surface area contributed by atoms with Gasteiger partial charge in [0.2, 0.25) is 0 Å². The van der Waals surface area contributed by atoms with E-state index in [9.17, 15) is 0 Å². The maximum atomic E-state index is 4.41. The van der Waals surface area contributed by atoms with Gasteiger partial charge in [0.05, 0.1) is 5.69 Å². The fraction of sp³-hybridized carbons (Fsp3) is 0.545. The van der Waals surface area contributed by atoms with Crippen LogP contribution in [0.3, 0.4) is 0 Å². The van der Waals surface area contributed by atoms with E-state index in [2.05, 4.69) is 53.9 Å². The molecule has 0 N–H and O–H groups in total. The summed E-state index contributed by atoms with van der Waals surface area (Å²) < 4.78 is 1.05. The number of hydrogen-bond donors (Lipinski definition) is 0. The molecule has 0 unspecified atom stereocenters. The molecular weight excluding hydrogens is 320 g/mol. The molecule has 1 saturated carbocycles. The Balaban J connectivity index is 1.95. The SMILES string of the molecule is BrCCN(Cc1ccc(Br)cn1)C1CC1. The summed E-state index contributed by atoms with van der Waals surface area (Å²) in [6, 6.07) is 4.95. The van der Waals surface area contributed by atoms with Gasteiger partial charge in [-0.15, -0.1) is 0 Å². The molecule has 2 nitrogen and oxygen atoms in total. The van der Waals surface area contributed by atoms with Crippen LogP contribution in [-0.2, 0) is 6.54 Å². The molecule has 4 heteroatoms. The van der Waals surface area contributed by atoms with Crippen LogP contribution in [0.4, 0.5) is 0 Å². The van der Waals surface area contributed by atoms with Crippen molar-refractivity contribution in [3.05, 3.63) is 28.5 Å². The highest BCUT2D eigenvalue weighted by Crippen LogP contribution is 2.28. The molecule has 0 amide bonds. The molecule has 0 bridgehead atoms. The molecule has 1 aliphatic carbocycles. The van der Waals surface area contributed by atoms with E-state index in [1.54, 1.807) is 0 Å². The summed E-state index contributed by atoms with van der Waals surface area (Å²) in [5.74, 6) is 0. The lowest BCUT2D eigenvalue weighted by molar-refractivity contribution is 0.269. The second kappa shape index (κ2) is 5.41. The van der Waals surface area contributed by atoms with E-state index in [-0.39, 0.29) is 0 Å². The van der Waals surface area contributed by atoms with Crippen LogP contribution in [0.1, 0.15) is 18.5 Å². The second-order valence-electron chi connectivity index (χ2n) is 3.86. The number of aromatic nitrogens is 1. The average molecular weight is 334 g/mol. The van der Waals surface area contributed by atoms with Crippen LogP contribution in [0, 0.1) is 0 Å². The van der Waals surface area contributed by atoms with Crippen LogP contribution in [0.2, 0.25) is 0 Å². The van der Waals surface area contributed by atoms with E-state index in [1.165, 1.54) is 12.8 Å². The van der Waals surface area contributed by atoms with Gasteiger partial charge in [-0.3, -0.25) is 9.88 Å². The summed E-state index contributed by atoms with van der Waals surface area (Å²) in [6.07, 6.45) is 4.57. The molecule has 1 heterocycles. The summed E-state index contributed by atoms with van der Waals surface area (Å²) in [5.41, 5.74) is 1.16. The summed E-state index contributed by atoms with van der Waals surface area (Å²) in [5, 5.41) is 1.04. The van der Waals surface area contributed by atoms with E-state index < -0.39 is 0 Å². The van der Waals surface area contributed by atoms with Gasteiger partial charge in [0.15, 0.2) is 0 Å². The Bertz CT molecular complexity index is 309. The molecule has 2 rings (SSSR count). The quantitative estimate of drug-likeness (QED) is 0.769. The summed E-state index contributed by atoms with van der Waals surface area (Å²) in [4.78, 5) is 6.91. The highest BCUT2D eigenvalue weighted by atomic mass is 79.9. The van der Waals surface area contributed by atoms with Crippen molar-refractivity contribution in [3.63, 3.8) is 0 Å². The minimum Gasteiger partial charge on any atom is -0.294 e. The number of nitrogens with zero attached hydrogens (tertiary/aromatic N) is 2. The fourth-order valence-corrected chi connectivity index (χ4v) is 2.34. The molecule has 0 saturated heterocycles. The van der Waals surface area contributed by atoms with Gasteiger partial charge in [-0.25, -0.2) is 0 Å². The number of hydrogen-bond acceptors (Lipinski definition) is 2. The van der Waals surface area contributed by atoms with Crippen molar-refractivity contribution in [2.75, 3.05) is 11.9 Å². The molecule has 0 aliphatic heterocycles. The highest BCUT2D eigenvalue weighted by molar-refractivity contribution is 9.10. The van der Waals surface area contributed by atoms with Crippen LogP contribution in [0.5, 0.6) is 0 Å². The van der Waals surface area contributed by atoms with Gasteiger partial charge >= 0.3 is 0 Å². The van der Waals surface area contributed by atoms with Crippen molar-refractivity contribution >= 4 is 31.9 Å². The van der Waals surface area contributed by atoms with Crippen LogP contribution in [0.25, 0.3) is 0 Å². The highest BCUT2D eigenvalue weighted by Gasteiger charge is 2.28. The Morgan fingerprint density at radius 1 is 1.40 bits per heavy atom. The van der Waals surface area contributed by atoms with Gasteiger partial charge < -0.3 is 0 Å². The van der Waals surface area contributed by atoms with Crippen LogP contribution in [-0.4, -0.2) is 27.8 Å². The van der Waals surface area contributed by atoms with Gasteiger partial charge in [-0.05, 0) is 40.9 Å². The van der Waals surface area contributed by atoms with Gasteiger partial charge in [0.1, 0.15) is 0 Å².